The van der Waals surface area contributed by atoms with Crippen LogP contribution in [0, 0.1) is 0 Å². The van der Waals surface area contributed by atoms with Crippen LogP contribution in [0.5, 0.6) is 0 Å². The second-order valence-corrected chi connectivity index (χ2v) is 7.10. The summed E-state index contributed by atoms with van der Waals surface area (Å²) in [5.74, 6) is 0.0244. The van der Waals surface area contributed by atoms with Crippen molar-refractivity contribution in [3.05, 3.63) is 50.8 Å². The number of carbonyl (C=O) groups is 1. The lowest BCUT2D eigenvalue weighted by Crippen LogP contribution is -2.27. The van der Waals surface area contributed by atoms with E-state index < -0.39 is 0 Å². The SMILES string of the molecule is CN(Cc1csc(Br)c1)C(=O)Cc1noc2ccccc12. The van der Waals surface area contributed by atoms with E-state index >= 15 is 0 Å². The summed E-state index contributed by atoms with van der Waals surface area (Å²) in [5.41, 5.74) is 2.52. The molecule has 0 atom stereocenters. The van der Waals surface area contributed by atoms with Gasteiger partial charge in [0.15, 0.2) is 5.58 Å². The highest BCUT2D eigenvalue weighted by molar-refractivity contribution is 9.11. The molecule has 0 saturated heterocycles. The molecule has 0 unspecified atom stereocenters. The minimum absolute atomic E-state index is 0.0244. The van der Waals surface area contributed by atoms with Gasteiger partial charge in [0.05, 0.1) is 10.2 Å². The number of carbonyl (C=O) groups excluding carboxylic acids is 1. The van der Waals surface area contributed by atoms with Crippen LogP contribution < -0.4 is 0 Å². The molecular weight excluding hydrogens is 352 g/mol. The number of nitrogens with zero attached hydrogens (tertiary/aromatic N) is 2. The zero-order valence-corrected chi connectivity index (χ0v) is 13.8. The Balaban J connectivity index is 1.70. The predicted octanol–water partition coefficient (Wildman–Crippen LogP) is 3.85. The number of hydrogen-bond acceptors (Lipinski definition) is 4. The maximum atomic E-state index is 12.3. The molecule has 0 N–H and O–H groups in total. The fourth-order valence-electron chi connectivity index (χ4n) is 2.13. The Morgan fingerprint density at radius 2 is 2.24 bits per heavy atom. The molecule has 0 spiro atoms. The Kier molecular flexibility index (Phi) is 4.07. The molecule has 2 heterocycles. The first kappa shape index (κ1) is 14.3. The van der Waals surface area contributed by atoms with Crippen molar-refractivity contribution in [2.24, 2.45) is 0 Å². The number of hydrogen-bond donors (Lipinski definition) is 0. The molecule has 3 rings (SSSR count). The number of halogens is 1. The molecule has 0 aliphatic heterocycles. The third-order valence-corrected chi connectivity index (χ3v) is 4.79. The van der Waals surface area contributed by atoms with Crippen LogP contribution in [-0.4, -0.2) is 23.0 Å². The van der Waals surface area contributed by atoms with Gasteiger partial charge in [-0.25, -0.2) is 0 Å². The molecule has 21 heavy (non-hydrogen) atoms. The van der Waals surface area contributed by atoms with Gasteiger partial charge in [-0.3, -0.25) is 4.79 Å². The average molecular weight is 365 g/mol. The molecule has 1 aromatic carbocycles. The van der Waals surface area contributed by atoms with Crippen LogP contribution in [0.4, 0.5) is 0 Å². The van der Waals surface area contributed by atoms with Crippen LogP contribution in [0.2, 0.25) is 0 Å². The zero-order chi connectivity index (χ0) is 14.8. The summed E-state index contributed by atoms with van der Waals surface area (Å²) < 4.78 is 6.30. The standard InChI is InChI=1S/C15H13BrN2O2S/c1-18(8-10-6-14(16)21-9-10)15(19)7-12-11-4-2-3-5-13(11)20-17-12/h2-6,9H,7-8H2,1H3. The molecule has 0 fully saturated rings. The number of para-hydroxylation sites is 1. The molecule has 2 aromatic heterocycles. The number of amides is 1. The Bertz CT molecular complexity index is 781. The topological polar surface area (TPSA) is 46.3 Å². The van der Waals surface area contributed by atoms with E-state index in [9.17, 15) is 4.79 Å². The quantitative estimate of drug-likeness (QED) is 0.706. The fourth-order valence-corrected chi connectivity index (χ4v) is 3.33. The van der Waals surface area contributed by atoms with Crippen molar-refractivity contribution in [3.63, 3.8) is 0 Å². The zero-order valence-electron chi connectivity index (χ0n) is 11.4. The van der Waals surface area contributed by atoms with Gasteiger partial charge in [0.25, 0.3) is 0 Å². The van der Waals surface area contributed by atoms with E-state index in [1.165, 1.54) is 0 Å². The molecule has 4 nitrogen and oxygen atoms in total. The predicted molar refractivity (Wildman–Crippen MR) is 86.2 cm³/mol. The lowest BCUT2D eigenvalue weighted by atomic mass is 10.1. The van der Waals surface area contributed by atoms with E-state index in [-0.39, 0.29) is 12.3 Å². The second-order valence-electron chi connectivity index (χ2n) is 4.81. The fraction of sp³-hybridized carbons (Fsp3) is 0.200. The van der Waals surface area contributed by atoms with Crippen molar-refractivity contribution < 1.29 is 9.32 Å². The van der Waals surface area contributed by atoms with Crippen molar-refractivity contribution in [2.75, 3.05) is 7.05 Å². The molecule has 3 aromatic rings. The van der Waals surface area contributed by atoms with E-state index in [1.54, 1.807) is 23.3 Å². The van der Waals surface area contributed by atoms with E-state index in [2.05, 4.69) is 21.1 Å². The van der Waals surface area contributed by atoms with Crippen molar-refractivity contribution in [1.82, 2.24) is 10.1 Å². The molecule has 0 radical (unpaired) electrons. The van der Waals surface area contributed by atoms with Gasteiger partial charge in [-0.2, -0.15) is 0 Å². The minimum Gasteiger partial charge on any atom is -0.356 e. The van der Waals surface area contributed by atoms with Crippen molar-refractivity contribution in [2.45, 2.75) is 13.0 Å². The lowest BCUT2D eigenvalue weighted by molar-refractivity contribution is -0.129. The van der Waals surface area contributed by atoms with Gasteiger partial charge < -0.3 is 9.42 Å². The van der Waals surface area contributed by atoms with Crippen molar-refractivity contribution >= 4 is 44.1 Å². The summed E-state index contributed by atoms with van der Waals surface area (Å²) in [5, 5.41) is 6.94. The van der Waals surface area contributed by atoms with Gasteiger partial charge in [0.2, 0.25) is 5.91 Å². The smallest absolute Gasteiger partial charge is 0.228 e. The van der Waals surface area contributed by atoms with Gasteiger partial charge in [0.1, 0.15) is 5.69 Å². The Labute approximate surface area is 134 Å². The van der Waals surface area contributed by atoms with Crippen molar-refractivity contribution in [3.8, 4) is 0 Å². The van der Waals surface area contributed by atoms with Crippen LogP contribution in [-0.2, 0) is 17.8 Å². The summed E-state index contributed by atoms with van der Waals surface area (Å²) in [6.07, 6.45) is 0.249. The number of rotatable bonds is 4. The van der Waals surface area contributed by atoms with Crippen LogP contribution in [0.3, 0.4) is 0 Å². The van der Waals surface area contributed by atoms with Crippen molar-refractivity contribution in [1.29, 1.82) is 0 Å². The highest BCUT2D eigenvalue weighted by Crippen LogP contribution is 2.22. The van der Waals surface area contributed by atoms with Gasteiger partial charge in [-0.1, -0.05) is 17.3 Å². The van der Waals surface area contributed by atoms with E-state index in [0.29, 0.717) is 17.8 Å². The first-order valence-corrected chi connectivity index (χ1v) is 8.11. The molecule has 0 bridgehead atoms. The summed E-state index contributed by atoms with van der Waals surface area (Å²) in [6, 6.07) is 9.60. The van der Waals surface area contributed by atoms with Gasteiger partial charge >= 0.3 is 0 Å². The average Bonchev–Trinajstić information content (AvgIpc) is 3.06. The highest BCUT2D eigenvalue weighted by atomic mass is 79.9. The third-order valence-electron chi connectivity index (χ3n) is 3.24. The first-order valence-electron chi connectivity index (χ1n) is 6.43. The summed E-state index contributed by atoms with van der Waals surface area (Å²) in [7, 11) is 1.80. The monoisotopic (exact) mass is 364 g/mol. The minimum atomic E-state index is 0.0244. The molecule has 0 aliphatic rings. The van der Waals surface area contributed by atoms with E-state index in [1.807, 2.05) is 35.7 Å². The second kappa shape index (κ2) is 5.99. The van der Waals surface area contributed by atoms with E-state index in [4.69, 9.17) is 4.52 Å². The maximum absolute atomic E-state index is 12.3. The summed E-state index contributed by atoms with van der Waals surface area (Å²) >= 11 is 5.04. The summed E-state index contributed by atoms with van der Waals surface area (Å²) in [4.78, 5) is 14.0. The highest BCUT2D eigenvalue weighted by Gasteiger charge is 2.15. The number of aromatic nitrogens is 1. The number of fused-ring (bicyclic) bond motifs is 1. The number of benzene rings is 1. The first-order chi connectivity index (χ1) is 10.1. The van der Waals surface area contributed by atoms with Gasteiger partial charge in [-0.05, 0) is 45.1 Å². The van der Waals surface area contributed by atoms with Crippen LogP contribution in [0.25, 0.3) is 11.0 Å². The molecule has 108 valence electrons. The van der Waals surface area contributed by atoms with Gasteiger partial charge in [-0.15, -0.1) is 11.3 Å². The molecule has 0 aliphatic carbocycles. The number of likely N-dealkylation sites (N-methyl/N-ethyl adjacent to an activating group) is 1. The third kappa shape index (κ3) is 3.16. The van der Waals surface area contributed by atoms with Gasteiger partial charge in [0, 0.05) is 19.0 Å². The largest absolute Gasteiger partial charge is 0.356 e. The Hall–Kier alpha value is -1.66. The maximum Gasteiger partial charge on any atom is 0.228 e. The normalized spacial score (nSPS) is 11.0. The van der Waals surface area contributed by atoms with Crippen LogP contribution in [0.15, 0.2) is 44.0 Å². The van der Waals surface area contributed by atoms with Crippen LogP contribution >= 0.6 is 27.3 Å². The molecule has 0 saturated carbocycles. The lowest BCUT2D eigenvalue weighted by Gasteiger charge is -2.15. The summed E-state index contributed by atoms with van der Waals surface area (Å²) in [6.45, 7) is 0.594. The molecule has 1 amide bonds. The van der Waals surface area contributed by atoms with Crippen LogP contribution in [0.1, 0.15) is 11.3 Å². The Morgan fingerprint density at radius 3 is 3.00 bits per heavy atom. The molecular formula is C15H13BrN2O2S. The molecule has 6 heteroatoms. The van der Waals surface area contributed by atoms with E-state index in [0.717, 1.165) is 14.7 Å². The number of thiophene rings is 1. The Morgan fingerprint density at radius 1 is 1.43 bits per heavy atom.